The predicted octanol–water partition coefficient (Wildman–Crippen LogP) is -0.122. The predicted molar refractivity (Wildman–Crippen MR) is 33.9 cm³/mol. The first kappa shape index (κ1) is 7.88. The van der Waals surface area contributed by atoms with Gasteiger partial charge in [-0.3, -0.25) is 9.59 Å². The molecule has 1 N–H and O–H groups in total. The Morgan fingerprint density at radius 3 is 2.56 bits per heavy atom. The Morgan fingerprint density at radius 1 is 1.67 bits per heavy atom. The van der Waals surface area contributed by atoms with Gasteiger partial charge in [-0.2, -0.15) is 0 Å². The molecule has 0 radical (unpaired) electrons. The highest BCUT2D eigenvalue weighted by atomic mass is 16.2. The second-order valence-corrected chi connectivity index (χ2v) is 1.58. The molecule has 0 atom stereocenters. The van der Waals surface area contributed by atoms with Gasteiger partial charge >= 0.3 is 0 Å². The van der Waals surface area contributed by atoms with Crippen molar-refractivity contribution in [1.82, 2.24) is 5.32 Å². The van der Waals surface area contributed by atoms with Crippen molar-refractivity contribution < 1.29 is 9.59 Å². The molecule has 0 bridgehead atoms. The van der Waals surface area contributed by atoms with Crippen molar-refractivity contribution in [1.29, 1.82) is 0 Å². The maximum absolute atomic E-state index is 10.4. The fourth-order valence-electron chi connectivity index (χ4n) is 0.284. The van der Waals surface area contributed by atoms with Crippen LogP contribution in [0.3, 0.4) is 0 Å². The van der Waals surface area contributed by atoms with Crippen molar-refractivity contribution in [2.75, 3.05) is 6.54 Å². The van der Waals surface area contributed by atoms with Crippen molar-refractivity contribution in [3.63, 3.8) is 0 Å². The zero-order valence-electron chi connectivity index (χ0n) is 5.31. The van der Waals surface area contributed by atoms with Crippen molar-refractivity contribution in [3.05, 3.63) is 12.7 Å². The molecule has 50 valence electrons. The van der Waals surface area contributed by atoms with Gasteiger partial charge in [-0.15, -0.1) is 0 Å². The lowest BCUT2D eigenvalue weighted by atomic mass is 10.4. The molecule has 0 heterocycles. The topological polar surface area (TPSA) is 46.2 Å². The highest BCUT2D eigenvalue weighted by Crippen LogP contribution is 1.68. The molecule has 3 nitrogen and oxygen atoms in total. The van der Waals surface area contributed by atoms with Crippen molar-refractivity contribution in [3.8, 4) is 0 Å². The average molecular weight is 127 g/mol. The van der Waals surface area contributed by atoms with Gasteiger partial charge in [-0.05, 0) is 6.08 Å². The molecule has 0 unspecified atom stereocenters. The summed E-state index contributed by atoms with van der Waals surface area (Å²) in [6.07, 6.45) is 1.18. The summed E-state index contributed by atoms with van der Waals surface area (Å²) >= 11 is 0. The van der Waals surface area contributed by atoms with Crippen molar-refractivity contribution in [2.24, 2.45) is 0 Å². The van der Waals surface area contributed by atoms with Crippen LogP contribution in [0.1, 0.15) is 6.92 Å². The van der Waals surface area contributed by atoms with Crippen molar-refractivity contribution >= 4 is 11.7 Å². The monoisotopic (exact) mass is 127 g/mol. The van der Waals surface area contributed by atoms with Crippen LogP contribution in [-0.4, -0.2) is 18.2 Å². The molecule has 0 aromatic heterocycles. The first-order chi connectivity index (χ1) is 4.16. The van der Waals surface area contributed by atoms with E-state index in [1.54, 1.807) is 0 Å². The van der Waals surface area contributed by atoms with Crippen LogP contribution in [0.25, 0.3) is 0 Å². The van der Waals surface area contributed by atoms with E-state index in [1.807, 2.05) is 0 Å². The van der Waals surface area contributed by atoms with Crippen LogP contribution in [-0.2, 0) is 9.59 Å². The number of carbonyl (C=O) groups is 2. The highest BCUT2D eigenvalue weighted by Gasteiger charge is 1.94. The fourth-order valence-corrected chi connectivity index (χ4v) is 0.284. The van der Waals surface area contributed by atoms with Crippen LogP contribution in [0.15, 0.2) is 12.7 Å². The Hall–Kier alpha value is -1.12. The van der Waals surface area contributed by atoms with E-state index < -0.39 is 0 Å². The van der Waals surface area contributed by atoms with Gasteiger partial charge in [0.2, 0.25) is 5.91 Å². The summed E-state index contributed by atoms with van der Waals surface area (Å²) in [6, 6.07) is 0. The molecule has 0 aromatic rings. The first-order valence-electron chi connectivity index (χ1n) is 2.56. The molecule has 0 saturated carbocycles. The van der Waals surface area contributed by atoms with Crippen LogP contribution >= 0.6 is 0 Å². The molecule has 0 aromatic carbocycles. The Labute approximate surface area is 53.7 Å². The SMILES string of the molecule is C=CC(=O)CNC(C)=O. The molecular formula is C6H9NO2. The number of carbonyl (C=O) groups excluding carboxylic acids is 2. The van der Waals surface area contributed by atoms with E-state index in [2.05, 4.69) is 11.9 Å². The van der Waals surface area contributed by atoms with Crippen molar-refractivity contribution in [2.45, 2.75) is 6.92 Å². The van der Waals surface area contributed by atoms with Gasteiger partial charge in [0.1, 0.15) is 0 Å². The Bertz CT molecular complexity index is 140. The summed E-state index contributed by atoms with van der Waals surface area (Å²) in [5, 5.41) is 2.34. The lowest BCUT2D eigenvalue weighted by molar-refractivity contribution is -0.122. The van der Waals surface area contributed by atoms with E-state index in [4.69, 9.17) is 0 Å². The summed E-state index contributed by atoms with van der Waals surface area (Å²) in [5.74, 6) is -0.379. The Morgan fingerprint density at radius 2 is 2.22 bits per heavy atom. The molecule has 0 rings (SSSR count). The van der Waals surface area contributed by atoms with E-state index in [9.17, 15) is 9.59 Å². The van der Waals surface area contributed by atoms with Crippen LogP contribution in [0.2, 0.25) is 0 Å². The quantitative estimate of drug-likeness (QED) is 0.537. The molecule has 9 heavy (non-hydrogen) atoms. The molecular weight excluding hydrogens is 118 g/mol. The second-order valence-electron chi connectivity index (χ2n) is 1.58. The molecule has 0 saturated heterocycles. The summed E-state index contributed by atoms with van der Waals surface area (Å²) < 4.78 is 0. The maximum atomic E-state index is 10.4. The van der Waals surface area contributed by atoms with Crippen LogP contribution < -0.4 is 5.32 Å². The minimum absolute atomic E-state index is 0.0544. The van der Waals surface area contributed by atoms with Gasteiger partial charge in [-0.1, -0.05) is 6.58 Å². The third kappa shape index (κ3) is 4.74. The smallest absolute Gasteiger partial charge is 0.217 e. The number of nitrogens with one attached hydrogen (secondary N) is 1. The largest absolute Gasteiger partial charge is 0.349 e. The van der Waals surface area contributed by atoms with Gasteiger partial charge in [0.05, 0.1) is 6.54 Å². The zero-order chi connectivity index (χ0) is 7.28. The highest BCUT2D eigenvalue weighted by molar-refractivity contribution is 5.93. The third-order valence-corrected chi connectivity index (χ3v) is 0.739. The van der Waals surface area contributed by atoms with Crippen LogP contribution in [0, 0.1) is 0 Å². The summed E-state index contributed by atoms with van der Waals surface area (Å²) in [7, 11) is 0. The molecule has 1 amide bonds. The standard InChI is InChI=1S/C6H9NO2/c1-3-6(9)4-7-5(2)8/h3H,1,4H2,2H3,(H,7,8). The minimum atomic E-state index is -0.204. The summed E-state index contributed by atoms with van der Waals surface area (Å²) in [4.78, 5) is 20.5. The first-order valence-corrected chi connectivity index (χ1v) is 2.56. The number of amides is 1. The normalized spacial score (nSPS) is 8.11. The van der Waals surface area contributed by atoms with E-state index in [0.717, 1.165) is 0 Å². The number of rotatable bonds is 3. The maximum Gasteiger partial charge on any atom is 0.217 e. The molecule has 0 aliphatic carbocycles. The molecule has 0 fully saturated rings. The van der Waals surface area contributed by atoms with Gasteiger partial charge in [0.25, 0.3) is 0 Å². The molecule has 0 aliphatic rings. The van der Waals surface area contributed by atoms with Crippen LogP contribution in [0.4, 0.5) is 0 Å². The van der Waals surface area contributed by atoms with Gasteiger partial charge in [-0.25, -0.2) is 0 Å². The Kier molecular flexibility index (Phi) is 3.35. The lowest BCUT2D eigenvalue weighted by Crippen LogP contribution is -2.25. The Balaban J connectivity index is 3.39. The van der Waals surface area contributed by atoms with E-state index in [-0.39, 0.29) is 18.2 Å². The van der Waals surface area contributed by atoms with Gasteiger partial charge < -0.3 is 5.32 Å². The number of hydrogen-bond acceptors (Lipinski definition) is 2. The molecule has 0 aliphatic heterocycles. The lowest BCUT2D eigenvalue weighted by Gasteiger charge is -1.94. The molecule has 3 heteroatoms. The minimum Gasteiger partial charge on any atom is -0.349 e. The average Bonchev–Trinajstić information content (AvgIpc) is 1.83. The van der Waals surface area contributed by atoms with Crippen LogP contribution in [0.5, 0.6) is 0 Å². The third-order valence-electron chi connectivity index (χ3n) is 0.739. The van der Waals surface area contributed by atoms with E-state index >= 15 is 0 Å². The zero-order valence-corrected chi connectivity index (χ0v) is 5.31. The van der Waals surface area contributed by atoms with Gasteiger partial charge in [0, 0.05) is 6.92 Å². The van der Waals surface area contributed by atoms with E-state index in [0.29, 0.717) is 0 Å². The number of hydrogen-bond donors (Lipinski definition) is 1. The summed E-state index contributed by atoms with van der Waals surface area (Å²) in [6.45, 7) is 4.65. The number of ketones is 1. The summed E-state index contributed by atoms with van der Waals surface area (Å²) in [5.41, 5.74) is 0. The van der Waals surface area contributed by atoms with Gasteiger partial charge in [0.15, 0.2) is 5.78 Å². The fraction of sp³-hybridized carbons (Fsp3) is 0.333. The second kappa shape index (κ2) is 3.83. The molecule has 0 spiro atoms. The van der Waals surface area contributed by atoms with E-state index in [1.165, 1.54) is 13.0 Å².